The van der Waals surface area contributed by atoms with Gasteiger partial charge in [-0.25, -0.2) is 13.2 Å². The summed E-state index contributed by atoms with van der Waals surface area (Å²) in [5.74, 6) is -0.994. The first-order valence-corrected chi connectivity index (χ1v) is 7.16. The summed E-state index contributed by atoms with van der Waals surface area (Å²) in [5, 5.41) is 0. The van der Waals surface area contributed by atoms with E-state index in [2.05, 4.69) is 0 Å². The quantitative estimate of drug-likeness (QED) is 0.654. The van der Waals surface area contributed by atoms with Gasteiger partial charge in [-0.1, -0.05) is 24.3 Å². The zero-order valence-corrected chi connectivity index (χ0v) is 12.2. The lowest BCUT2D eigenvalue weighted by Crippen LogP contribution is -1.98. The zero-order chi connectivity index (χ0) is 15.7. The van der Waals surface area contributed by atoms with Crippen molar-refractivity contribution >= 4 is 11.1 Å². The van der Waals surface area contributed by atoms with E-state index < -0.39 is 0 Å². The molecule has 0 heterocycles. The first kappa shape index (κ1) is 14.6. The van der Waals surface area contributed by atoms with Crippen LogP contribution in [0.4, 0.5) is 13.2 Å². The Balaban J connectivity index is 1.96. The lowest BCUT2D eigenvalue weighted by Gasteiger charge is -2.17. The van der Waals surface area contributed by atoms with Crippen LogP contribution in [0.25, 0.3) is 11.1 Å². The minimum Gasteiger partial charge on any atom is -0.207 e. The molecule has 0 fully saturated rings. The van der Waals surface area contributed by atoms with Crippen LogP contribution in [0.1, 0.15) is 29.5 Å². The Labute approximate surface area is 127 Å². The van der Waals surface area contributed by atoms with Gasteiger partial charge < -0.3 is 0 Å². The molecular weight excluding hydrogens is 285 g/mol. The first-order valence-electron chi connectivity index (χ1n) is 7.16. The van der Waals surface area contributed by atoms with Crippen molar-refractivity contribution in [1.29, 1.82) is 0 Å². The maximum absolute atomic E-state index is 14.4. The molecule has 0 aliphatic heterocycles. The summed E-state index contributed by atoms with van der Waals surface area (Å²) < 4.78 is 41.0. The molecule has 0 amide bonds. The lowest BCUT2D eigenvalue weighted by atomic mass is 9.89. The van der Waals surface area contributed by atoms with Crippen molar-refractivity contribution in [1.82, 2.24) is 0 Å². The molecule has 3 heteroatoms. The van der Waals surface area contributed by atoms with E-state index in [4.69, 9.17) is 0 Å². The highest BCUT2D eigenvalue weighted by atomic mass is 19.1. The molecule has 0 N–H and O–H groups in total. The van der Waals surface area contributed by atoms with Crippen molar-refractivity contribution in [2.45, 2.75) is 19.8 Å². The maximum Gasteiger partial charge on any atom is 0.127 e. The summed E-state index contributed by atoms with van der Waals surface area (Å²) in [6.07, 6.45) is 2.60. The number of rotatable bonds is 2. The highest BCUT2D eigenvalue weighted by Crippen LogP contribution is 2.36. The third-order valence-electron chi connectivity index (χ3n) is 3.97. The predicted molar refractivity (Wildman–Crippen MR) is 82.8 cm³/mol. The van der Waals surface area contributed by atoms with Crippen LogP contribution in [0.3, 0.4) is 0 Å². The third-order valence-corrected chi connectivity index (χ3v) is 3.97. The predicted octanol–water partition coefficient (Wildman–Crippen LogP) is 5.83. The fraction of sp³-hybridized carbons (Fsp3) is 0.158. The van der Waals surface area contributed by atoms with Crippen molar-refractivity contribution in [2.24, 2.45) is 0 Å². The molecule has 0 bridgehead atoms. The van der Waals surface area contributed by atoms with Gasteiger partial charge in [0.1, 0.15) is 17.5 Å². The normalized spacial score (nSPS) is 15.0. The number of hydrogen-bond donors (Lipinski definition) is 0. The van der Waals surface area contributed by atoms with Crippen LogP contribution in [0, 0.1) is 18.6 Å². The van der Waals surface area contributed by atoms with Crippen molar-refractivity contribution in [3.63, 3.8) is 0 Å². The molecule has 0 saturated carbocycles. The smallest absolute Gasteiger partial charge is 0.127 e. The molecule has 0 unspecified atom stereocenters. The molecule has 2 aromatic rings. The Hall–Kier alpha value is -2.29. The van der Waals surface area contributed by atoms with Gasteiger partial charge in [0.25, 0.3) is 0 Å². The summed E-state index contributed by atoms with van der Waals surface area (Å²) in [4.78, 5) is 0. The van der Waals surface area contributed by atoms with E-state index >= 15 is 0 Å². The average Bonchev–Trinajstić information content (AvgIpc) is 2.51. The number of halogens is 3. The van der Waals surface area contributed by atoms with Crippen LogP contribution in [-0.4, -0.2) is 0 Å². The molecule has 0 spiro atoms. The summed E-state index contributed by atoms with van der Waals surface area (Å²) in [5.41, 5.74) is 3.28. The second-order valence-corrected chi connectivity index (χ2v) is 5.47. The second-order valence-electron chi connectivity index (χ2n) is 5.47. The highest BCUT2D eigenvalue weighted by Gasteiger charge is 2.17. The molecule has 0 nitrogen and oxygen atoms in total. The Morgan fingerprint density at radius 1 is 0.818 bits per heavy atom. The van der Waals surface area contributed by atoms with Gasteiger partial charge in [-0.3, -0.25) is 0 Å². The van der Waals surface area contributed by atoms with E-state index in [-0.39, 0.29) is 17.5 Å². The topological polar surface area (TPSA) is 0 Å². The van der Waals surface area contributed by atoms with E-state index in [0.29, 0.717) is 29.5 Å². The van der Waals surface area contributed by atoms with Crippen LogP contribution in [-0.2, 0) is 0 Å². The molecule has 0 radical (unpaired) electrons. The molecule has 0 aromatic heterocycles. The van der Waals surface area contributed by atoms with Crippen LogP contribution < -0.4 is 0 Å². The van der Waals surface area contributed by atoms with E-state index in [9.17, 15) is 13.2 Å². The van der Waals surface area contributed by atoms with Crippen LogP contribution in [0.15, 0.2) is 54.4 Å². The van der Waals surface area contributed by atoms with Crippen LogP contribution in [0.5, 0.6) is 0 Å². The molecule has 1 aliphatic carbocycles. The number of hydrogen-bond acceptors (Lipinski definition) is 0. The van der Waals surface area contributed by atoms with Crippen LogP contribution >= 0.6 is 0 Å². The number of allylic oxidation sites excluding steroid dienone is 4. The summed E-state index contributed by atoms with van der Waals surface area (Å²) in [6, 6.07) is 10.8. The highest BCUT2D eigenvalue weighted by molar-refractivity contribution is 5.80. The molecule has 2 aromatic carbocycles. The second kappa shape index (κ2) is 5.84. The molecule has 3 rings (SSSR count). The molecular formula is C19H15F3. The fourth-order valence-electron chi connectivity index (χ4n) is 2.65. The van der Waals surface area contributed by atoms with E-state index in [0.717, 1.165) is 11.1 Å². The van der Waals surface area contributed by atoms with Gasteiger partial charge in [0.15, 0.2) is 0 Å². The molecule has 112 valence electrons. The van der Waals surface area contributed by atoms with Gasteiger partial charge in [-0.15, -0.1) is 0 Å². The monoisotopic (exact) mass is 300 g/mol. The van der Waals surface area contributed by atoms with Crippen LogP contribution in [0.2, 0.25) is 0 Å². The van der Waals surface area contributed by atoms with Gasteiger partial charge in [-0.05, 0) is 71.9 Å². The fourth-order valence-corrected chi connectivity index (χ4v) is 2.65. The van der Waals surface area contributed by atoms with E-state index in [1.165, 1.54) is 24.3 Å². The molecule has 0 atom stereocenters. The van der Waals surface area contributed by atoms with Crippen molar-refractivity contribution in [2.75, 3.05) is 0 Å². The van der Waals surface area contributed by atoms with E-state index in [1.54, 1.807) is 31.2 Å². The Bertz CT molecular complexity index is 768. The van der Waals surface area contributed by atoms with Gasteiger partial charge in [0.2, 0.25) is 0 Å². The molecule has 0 saturated heterocycles. The standard InChI is InChI=1S/C19H15F3/c1-12-2-3-15(11-18(12)21)17-9-6-14(10-19(17)22)13-4-7-16(20)8-5-13/h2-5,7-8,10-11H,6,9H2,1H3. The average molecular weight is 300 g/mol. The Morgan fingerprint density at radius 3 is 2.14 bits per heavy atom. The third kappa shape index (κ3) is 2.84. The Morgan fingerprint density at radius 2 is 1.50 bits per heavy atom. The maximum atomic E-state index is 14.4. The summed E-state index contributed by atoms with van der Waals surface area (Å²) in [7, 11) is 0. The van der Waals surface area contributed by atoms with Gasteiger partial charge >= 0.3 is 0 Å². The Kier molecular flexibility index (Phi) is 3.88. The number of aryl methyl sites for hydroxylation is 1. The van der Waals surface area contributed by atoms with Crippen molar-refractivity contribution < 1.29 is 13.2 Å². The minimum atomic E-state index is -0.353. The molecule has 22 heavy (non-hydrogen) atoms. The van der Waals surface area contributed by atoms with Gasteiger partial charge in [0, 0.05) is 0 Å². The minimum absolute atomic E-state index is 0.313. The molecule has 1 aliphatic rings. The summed E-state index contributed by atoms with van der Waals surface area (Å²) >= 11 is 0. The lowest BCUT2D eigenvalue weighted by molar-refractivity contribution is 0.617. The number of benzene rings is 2. The zero-order valence-electron chi connectivity index (χ0n) is 12.2. The van der Waals surface area contributed by atoms with Gasteiger partial charge in [0.05, 0.1) is 0 Å². The van der Waals surface area contributed by atoms with Crippen molar-refractivity contribution in [3.8, 4) is 0 Å². The van der Waals surface area contributed by atoms with Crippen molar-refractivity contribution in [3.05, 3.63) is 82.7 Å². The summed E-state index contributed by atoms with van der Waals surface area (Å²) in [6.45, 7) is 1.68. The SMILES string of the molecule is Cc1ccc(C2=C(F)C=C(c3ccc(F)cc3)CC2)cc1F. The van der Waals surface area contributed by atoms with Gasteiger partial charge in [-0.2, -0.15) is 0 Å². The van der Waals surface area contributed by atoms with E-state index in [1.807, 2.05) is 0 Å². The first-order chi connectivity index (χ1) is 10.5. The largest absolute Gasteiger partial charge is 0.207 e.